The molecule has 0 atom stereocenters. The summed E-state index contributed by atoms with van der Waals surface area (Å²) in [5, 5.41) is 20.3. The third kappa shape index (κ3) is 4.44. The second kappa shape index (κ2) is 12.3. The first-order valence-electron chi connectivity index (χ1n) is 21.0. The van der Waals surface area contributed by atoms with Crippen LogP contribution >= 0.6 is 0 Å². The smallest absolute Gasteiger partial charge is 0.212 e. The fraction of sp³-hybridized carbons (Fsp3) is 0.0526. The second-order valence-electron chi connectivity index (χ2n) is 17.1. The van der Waals surface area contributed by atoms with E-state index in [4.69, 9.17) is 6.57 Å². The van der Waals surface area contributed by atoms with E-state index >= 15 is 0 Å². The fourth-order valence-corrected chi connectivity index (χ4v) is 10.9. The van der Waals surface area contributed by atoms with E-state index in [0.717, 1.165) is 71.1 Å². The molecular formula is C57H35N5. The Labute approximate surface area is 357 Å². The zero-order chi connectivity index (χ0) is 41.4. The van der Waals surface area contributed by atoms with E-state index in [2.05, 4.69) is 202 Å². The normalized spacial score (nSPS) is 13.1. The molecule has 12 aromatic rings. The monoisotopic (exact) mass is 789 g/mol. The third-order valence-corrected chi connectivity index (χ3v) is 13.7. The van der Waals surface area contributed by atoms with Crippen LogP contribution in [0.25, 0.3) is 109 Å². The molecule has 0 saturated heterocycles. The van der Waals surface area contributed by atoms with E-state index in [9.17, 15) is 5.26 Å². The van der Waals surface area contributed by atoms with Crippen molar-refractivity contribution in [3.05, 3.63) is 204 Å². The summed E-state index contributed by atoms with van der Waals surface area (Å²) in [7, 11) is 0. The minimum Gasteiger partial charge on any atom is -0.319 e. The number of hydrogen-bond donors (Lipinski definition) is 0. The Balaban J connectivity index is 1.09. The molecule has 0 bridgehead atoms. The van der Waals surface area contributed by atoms with Crippen LogP contribution in [0.15, 0.2) is 176 Å². The predicted molar refractivity (Wildman–Crippen MR) is 256 cm³/mol. The van der Waals surface area contributed by atoms with E-state index in [0.29, 0.717) is 22.6 Å². The van der Waals surface area contributed by atoms with Gasteiger partial charge in [0.1, 0.15) is 6.07 Å². The Kier molecular flexibility index (Phi) is 6.86. The van der Waals surface area contributed by atoms with Crippen molar-refractivity contribution in [3.8, 4) is 34.3 Å². The number of hydrogen-bond acceptors (Lipinski definition) is 1. The predicted octanol–water partition coefficient (Wildman–Crippen LogP) is 14.9. The molecule has 0 N–H and O–H groups in total. The van der Waals surface area contributed by atoms with Crippen LogP contribution in [0.2, 0.25) is 0 Å². The maximum absolute atomic E-state index is 11.2. The number of rotatable bonds is 3. The Morgan fingerprint density at radius 2 is 1.06 bits per heavy atom. The molecule has 3 aromatic heterocycles. The summed E-state index contributed by atoms with van der Waals surface area (Å²) in [5.41, 5.74) is 14.6. The Bertz CT molecular complexity index is 3990. The quantitative estimate of drug-likeness (QED) is 0.164. The lowest BCUT2D eigenvalue weighted by Gasteiger charge is -2.21. The van der Waals surface area contributed by atoms with Crippen molar-refractivity contribution >= 4 is 81.9 Å². The molecule has 0 unspecified atom stereocenters. The summed E-state index contributed by atoms with van der Waals surface area (Å²) in [6.07, 6.45) is 0. The van der Waals surface area contributed by atoms with E-state index in [1.54, 1.807) is 0 Å². The first-order valence-corrected chi connectivity index (χ1v) is 21.0. The second-order valence-corrected chi connectivity index (χ2v) is 17.1. The highest BCUT2D eigenvalue weighted by atomic mass is 15.0. The molecule has 1 aliphatic carbocycles. The SMILES string of the molecule is [C-]#[N+]c1cc(-n2c3ccc(-n4c5ccccc5c5ccccc54)cc3c3c4ccccc4ccc32)c(C#N)cc1-n1c2ccccc2c2cc3c(cc21)-c1ccccc1C3(C)C. The first kappa shape index (κ1) is 34.5. The molecule has 288 valence electrons. The number of nitriles is 1. The molecule has 62 heavy (non-hydrogen) atoms. The third-order valence-electron chi connectivity index (χ3n) is 13.7. The van der Waals surface area contributed by atoms with Gasteiger partial charge in [-0.05, 0) is 99.8 Å². The molecule has 5 heteroatoms. The summed E-state index contributed by atoms with van der Waals surface area (Å²) in [6.45, 7) is 13.3. The van der Waals surface area contributed by atoms with Crippen molar-refractivity contribution in [2.24, 2.45) is 0 Å². The summed E-state index contributed by atoms with van der Waals surface area (Å²) >= 11 is 0. The molecule has 9 aromatic carbocycles. The van der Waals surface area contributed by atoms with Crippen LogP contribution < -0.4 is 0 Å². The van der Waals surface area contributed by atoms with Crippen molar-refractivity contribution < 1.29 is 0 Å². The van der Waals surface area contributed by atoms with Gasteiger partial charge in [-0.3, -0.25) is 0 Å². The van der Waals surface area contributed by atoms with Crippen molar-refractivity contribution in [1.29, 1.82) is 5.26 Å². The molecule has 0 radical (unpaired) electrons. The van der Waals surface area contributed by atoms with Gasteiger partial charge in [0.25, 0.3) is 0 Å². The average Bonchev–Trinajstić information content (AvgIpc) is 4.01. The van der Waals surface area contributed by atoms with Gasteiger partial charge in [0.05, 0.1) is 56.6 Å². The van der Waals surface area contributed by atoms with Gasteiger partial charge in [-0.15, -0.1) is 0 Å². The molecule has 0 saturated carbocycles. The van der Waals surface area contributed by atoms with E-state index in [1.807, 2.05) is 12.1 Å². The fourth-order valence-electron chi connectivity index (χ4n) is 10.9. The number of benzene rings is 9. The highest BCUT2D eigenvalue weighted by Crippen LogP contribution is 2.51. The number of para-hydroxylation sites is 3. The lowest BCUT2D eigenvalue weighted by molar-refractivity contribution is 0.661. The first-order chi connectivity index (χ1) is 30.4. The summed E-state index contributed by atoms with van der Waals surface area (Å²) < 4.78 is 6.75. The lowest BCUT2D eigenvalue weighted by Crippen LogP contribution is -2.14. The number of nitrogens with zero attached hydrogens (tertiary/aromatic N) is 5. The highest BCUT2D eigenvalue weighted by molar-refractivity contribution is 6.22. The van der Waals surface area contributed by atoms with Gasteiger partial charge in [0, 0.05) is 43.4 Å². The molecule has 3 heterocycles. The van der Waals surface area contributed by atoms with Crippen LogP contribution in [0.4, 0.5) is 5.69 Å². The van der Waals surface area contributed by atoms with E-state index in [1.165, 1.54) is 33.0 Å². The number of aromatic nitrogens is 3. The summed E-state index contributed by atoms with van der Waals surface area (Å²) in [4.78, 5) is 4.24. The molecule has 0 aliphatic heterocycles. The van der Waals surface area contributed by atoms with Crippen LogP contribution in [-0.2, 0) is 5.41 Å². The van der Waals surface area contributed by atoms with Crippen LogP contribution in [-0.4, -0.2) is 13.7 Å². The molecule has 5 nitrogen and oxygen atoms in total. The van der Waals surface area contributed by atoms with Crippen molar-refractivity contribution in [3.63, 3.8) is 0 Å². The Hall–Kier alpha value is -8.38. The van der Waals surface area contributed by atoms with E-state index in [-0.39, 0.29) is 5.41 Å². The van der Waals surface area contributed by atoms with Gasteiger partial charge in [-0.2, -0.15) is 5.26 Å². The van der Waals surface area contributed by atoms with Crippen molar-refractivity contribution in [1.82, 2.24) is 13.7 Å². The van der Waals surface area contributed by atoms with Crippen LogP contribution in [0.5, 0.6) is 0 Å². The van der Waals surface area contributed by atoms with Gasteiger partial charge in [-0.1, -0.05) is 123 Å². The maximum Gasteiger partial charge on any atom is 0.212 e. The minimum absolute atomic E-state index is 0.154. The van der Waals surface area contributed by atoms with Gasteiger partial charge >= 0.3 is 0 Å². The molecule has 13 rings (SSSR count). The summed E-state index contributed by atoms with van der Waals surface area (Å²) in [6, 6.07) is 64.9. The lowest BCUT2D eigenvalue weighted by atomic mass is 9.82. The Morgan fingerprint density at radius 3 is 1.79 bits per heavy atom. The number of fused-ring (bicyclic) bond motifs is 14. The zero-order valence-electron chi connectivity index (χ0n) is 34.0. The standard InChI is InChI=1S/C57H35N5/c1-57(2)45-20-10-6-16-38(45)42-31-54-43(30-46(42)57)41-19-9-13-23-50(41)62(54)55-28-35(33-58)53(32-47(55)59-3)61-51-27-25-36(29-44(51)56-37-15-5-4-14-34(37)24-26-52(56)61)60-48-21-11-7-17-39(48)40-18-8-12-22-49(40)60/h4-32H,1-2H3. The van der Waals surface area contributed by atoms with Gasteiger partial charge in [0.15, 0.2) is 0 Å². The molecule has 1 aliphatic rings. The molecular weight excluding hydrogens is 755 g/mol. The van der Waals surface area contributed by atoms with Crippen LogP contribution in [0.3, 0.4) is 0 Å². The summed E-state index contributed by atoms with van der Waals surface area (Å²) in [5.74, 6) is 0. The van der Waals surface area contributed by atoms with Gasteiger partial charge in [0.2, 0.25) is 5.69 Å². The van der Waals surface area contributed by atoms with Crippen molar-refractivity contribution in [2.75, 3.05) is 0 Å². The maximum atomic E-state index is 11.2. The molecule has 0 amide bonds. The Morgan fingerprint density at radius 1 is 0.468 bits per heavy atom. The minimum atomic E-state index is -0.154. The van der Waals surface area contributed by atoms with Crippen molar-refractivity contribution in [2.45, 2.75) is 19.3 Å². The molecule has 0 spiro atoms. The zero-order valence-corrected chi connectivity index (χ0v) is 34.0. The average molecular weight is 790 g/mol. The molecule has 0 fully saturated rings. The van der Waals surface area contributed by atoms with Gasteiger partial charge in [-0.25, -0.2) is 4.85 Å². The van der Waals surface area contributed by atoms with Crippen LogP contribution in [0.1, 0.15) is 30.5 Å². The van der Waals surface area contributed by atoms with Crippen LogP contribution in [0, 0.1) is 17.9 Å². The highest BCUT2D eigenvalue weighted by Gasteiger charge is 2.36. The topological polar surface area (TPSA) is 42.9 Å². The largest absolute Gasteiger partial charge is 0.319 e. The van der Waals surface area contributed by atoms with E-state index < -0.39 is 0 Å². The van der Waals surface area contributed by atoms with Gasteiger partial charge < -0.3 is 13.7 Å².